The Hall–Kier alpha value is -1.20. The number of rotatable bonds is 5. The molecule has 2 unspecified atom stereocenters. The molecule has 0 spiro atoms. The van der Waals surface area contributed by atoms with E-state index in [-0.39, 0.29) is 5.82 Å². The Bertz CT molecular complexity index is 501. The summed E-state index contributed by atoms with van der Waals surface area (Å²) in [5, 5.41) is 3.47. The van der Waals surface area contributed by atoms with Gasteiger partial charge in [-0.25, -0.2) is 9.37 Å². The first-order chi connectivity index (χ1) is 10.0. The van der Waals surface area contributed by atoms with Crippen LogP contribution < -0.4 is 10.2 Å². The minimum Gasteiger partial charge on any atom is -0.354 e. The third kappa shape index (κ3) is 3.35. The van der Waals surface area contributed by atoms with Gasteiger partial charge in [0.05, 0.1) is 6.20 Å². The maximum atomic E-state index is 13.5. The topological polar surface area (TPSA) is 31.4 Å². The van der Waals surface area contributed by atoms with Crippen LogP contribution in [0.3, 0.4) is 0 Å². The molecule has 1 saturated carbocycles. The van der Waals surface area contributed by atoms with Crippen molar-refractivity contribution in [2.75, 3.05) is 32.1 Å². The van der Waals surface area contributed by atoms with Crippen LogP contribution in [-0.4, -0.2) is 49.2 Å². The summed E-state index contributed by atoms with van der Waals surface area (Å²) in [6, 6.07) is 2.78. The lowest BCUT2D eigenvalue weighted by atomic mass is 10.1. The fourth-order valence-electron chi connectivity index (χ4n) is 3.23. The largest absolute Gasteiger partial charge is 0.354 e. The first-order valence-electron chi connectivity index (χ1n) is 7.83. The summed E-state index contributed by atoms with van der Waals surface area (Å²) in [6.07, 6.45) is 3.81. The highest BCUT2D eigenvalue weighted by Gasteiger charge is 2.33. The van der Waals surface area contributed by atoms with Crippen LogP contribution in [0.5, 0.6) is 0 Å². The first kappa shape index (κ1) is 14.7. The molecule has 3 rings (SSSR count). The molecular weight excluding hydrogens is 267 g/mol. The van der Waals surface area contributed by atoms with Gasteiger partial charge in [0, 0.05) is 37.3 Å². The van der Waals surface area contributed by atoms with Crippen molar-refractivity contribution in [1.82, 2.24) is 15.2 Å². The van der Waals surface area contributed by atoms with Crippen molar-refractivity contribution in [2.45, 2.75) is 38.4 Å². The highest BCUT2D eigenvalue weighted by molar-refractivity contribution is 5.48. The molecule has 4 nitrogen and oxygen atoms in total. The van der Waals surface area contributed by atoms with Crippen molar-refractivity contribution in [1.29, 1.82) is 0 Å². The molecule has 2 atom stereocenters. The highest BCUT2D eigenvalue weighted by atomic mass is 19.1. The summed E-state index contributed by atoms with van der Waals surface area (Å²) < 4.78 is 13.5. The molecule has 2 aliphatic rings. The molecule has 0 bridgehead atoms. The molecule has 2 fully saturated rings. The number of likely N-dealkylation sites (N-methyl/N-ethyl adjacent to an activating group) is 1. The Morgan fingerprint density at radius 2 is 2.14 bits per heavy atom. The van der Waals surface area contributed by atoms with Gasteiger partial charge >= 0.3 is 0 Å². The number of aromatic nitrogens is 1. The van der Waals surface area contributed by atoms with Crippen LogP contribution in [-0.2, 0) is 6.54 Å². The van der Waals surface area contributed by atoms with Crippen molar-refractivity contribution in [2.24, 2.45) is 5.92 Å². The van der Waals surface area contributed by atoms with Crippen LogP contribution in [0.15, 0.2) is 12.3 Å². The predicted octanol–water partition coefficient (Wildman–Crippen LogP) is 1.86. The SMILES string of the molecule is CC1CN(c2ncc(F)cc2CNC2CC2)CC1N(C)C. The number of nitrogens with one attached hydrogen (secondary N) is 1. The zero-order valence-corrected chi connectivity index (χ0v) is 13.1. The molecular formula is C16H25FN4. The molecule has 1 saturated heterocycles. The molecule has 1 aromatic heterocycles. The van der Waals surface area contributed by atoms with Gasteiger partial charge in [-0.1, -0.05) is 6.92 Å². The quantitative estimate of drug-likeness (QED) is 0.897. The van der Waals surface area contributed by atoms with Gasteiger partial charge in [-0.05, 0) is 38.9 Å². The van der Waals surface area contributed by atoms with Gasteiger partial charge in [0.15, 0.2) is 0 Å². The Kier molecular flexibility index (Phi) is 4.13. The molecule has 1 aliphatic carbocycles. The molecule has 1 N–H and O–H groups in total. The first-order valence-corrected chi connectivity index (χ1v) is 7.83. The predicted molar refractivity (Wildman–Crippen MR) is 82.9 cm³/mol. The van der Waals surface area contributed by atoms with Crippen molar-refractivity contribution < 1.29 is 4.39 Å². The van der Waals surface area contributed by atoms with Crippen molar-refractivity contribution in [3.8, 4) is 0 Å². The van der Waals surface area contributed by atoms with E-state index >= 15 is 0 Å². The summed E-state index contributed by atoms with van der Waals surface area (Å²) in [7, 11) is 4.25. The van der Waals surface area contributed by atoms with Crippen LogP contribution in [0.2, 0.25) is 0 Å². The minimum atomic E-state index is -0.247. The molecule has 1 aromatic rings. The van der Waals surface area contributed by atoms with E-state index in [1.54, 1.807) is 6.07 Å². The van der Waals surface area contributed by atoms with Gasteiger partial charge in [-0.2, -0.15) is 0 Å². The Labute approximate surface area is 126 Å². The van der Waals surface area contributed by atoms with Crippen LogP contribution in [0.25, 0.3) is 0 Å². The van der Waals surface area contributed by atoms with Crippen LogP contribution in [0.4, 0.5) is 10.2 Å². The normalized spacial score (nSPS) is 25.9. The fraction of sp³-hybridized carbons (Fsp3) is 0.688. The zero-order valence-electron chi connectivity index (χ0n) is 13.1. The van der Waals surface area contributed by atoms with Gasteiger partial charge in [0.1, 0.15) is 11.6 Å². The number of hydrogen-bond acceptors (Lipinski definition) is 4. The third-order valence-corrected chi connectivity index (χ3v) is 4.60. The van der Waals surface area contributed by atoms with E-state index in [1.807, 2.05) is 0 Å². The molecule has 1 aliphatic heterocycles. The number of pyridine rings is 1. The van der Waals surface area contributed by atoms with Crippen LogP contribution in [0, 0.1) is 11.7 Å². The van der Waals surface area contributed by atoms with Crippen LogP contribution >= 0.6 is 0 Å². The summed E-state index contributed by atoms with van der Waals surface area (Å²) >= 11 is 0. The number of nitrogens with zero attached hydrogens (tertiary/aromatic N) is 3. The molecule has 0 radical (unpaired) electrons. The van der Waals surface area contributed by atoms with E-state index in [0.29, 0.717) is 24.5 Å². The number of anilines is 1. The molecule has 21 heavy (non-hydrogen) atoms. The van der Waals surface area contributed by atoms with E-state index < -0.39 is 0 Å². The number of hydrogen-bond donors (Lipinski definition) is 1. The molecule has 0 aromatic carbocycles. The van der Waals surface area contributed by atoms with Gasteiger partial charge < -0.3 is 15.1 Å². The Balaban J connectivity index is 1.77. The molecule has 0 amide bonds. The summed E-state index contributed by atoms with van der Waals surface area (Å²) in [4.78, 5) is 8.96. The maximum Gasteiger partial charge on any atom is 0.141 e. The average molecular weight is 292 g/mol. The molecule has 116 valence electrons. The van der Waals surface area contributed by atoms with Crippen molar-refractivity contribution in [3.05, 3.63) is 23.6 Å². The minimum absolute atomic E-state index is 0.247. The number of halogens is 1. The second kappa shape index (κ2) is 5.89. The smallest absolute Gasteiger partial charge is 0.141 e. The van der Waals surface area contributed by atoms with E-state index in [0.717, 1.165) is 24.5 Å². The van der Waals surface area contributed by atoms with Crippen molar-refractivity contribution >= 4 is 5.82 Å². The van der Waals surface area contributed by atoms with Gasteiger partial charge in [0.25, 0.3) is 0 Å². The highest BCUT2D eigenvalue weighted by Crippen LogP contribution is 2.28. The maximum absolute atomic E-state index is 13.5. The summed E-state index contributed by atoms with van der Waals surface area (Å²) in [5.41, 5.74) is 0.980. The average Bonchev–Trinajstić information content (AvgIpc) is 3.18. The summed E-state index contributed by atoms with van der Waals surface area (Å²) in [5.74, 6) is 1.29. The second-order valence-corrected chi connectivity index (χ2v) is 6.70. The standard InChI is InChI=1S/C16H25FN4/c1-11-9-21(10-15(11)20(2)3)16-12(6-13(17)8-19-16)7-18-14-4-5-14/h6,8,11,14-15,18H,4-5,7,9-10H2,1-3H3. The molecule has 5 heteroatoms. The summed E-state index contributed by atoms with van der Waals surface area (Å²) in [6.45, 7) is 4.93. The van der Waals surface area contributed by atoms with E-state index in [9.17, 15) is 4.39 Å². The van der Waals surface area contributed by atoms with E-state index in [4.69, 9.17) is 0 Å². The Morgan fingerprint density at radius 1 is 1.38 bits per heavy atom. The third-order valence-electron chi connectivity index (χ3n) is 4.60. The van der Waals surface area contributed by atoms with Gasteiger partial charge in [-0.15, -0.1) is 0 Å². The second-order valence-electron chi connectivity index (χ2n) is 6.70. The van der Waals surface area contributed by atoms with Gasteiger partial charge in [0.2, 0.25) is 0 Å². The van der Waals surface area contributed by atoms with Crippen molar-refractivity contribution in [3.63, 3.8) is 0 Å². The molecule has 2 heterocycles. The Morgan fingerprint density at radius 3 is 2.76 bits per heavy atom. The van der Waals surface area contributed by atoms with Gasteiger partial charge in [-0.3, -0.25) is 0 Å². The van der Waals surface area contributed by atoms with E-state index in [1.165, 1.54) is 19.0 Å². The zero-order chi connectivity index (χ0) is 15.0. The van der Waals surface area contributed by atoms with E-state index in [2.05, 4.69) is 41.1 Å². The lowest BCUT2D eigenvalue weighted by Gasteiger charge is -2.23. The lowest BCUT2D eigenvalue weighted by Crippen LogP contribution is -2.34. The monoisotopic (exact) mass is 292 g/mol. The lowest BCUT2D eigenvalue weighted by molar-refractivity contribution is 0.266. The fourth-order valence-corrected chi connectivity index (χ4v) is 3.23. The van der Waals surface area contributed by atoms with Crippen LogP contribution in [0.1, 0.15) is 25.3 Å².